The van der Waals surface area contributed by atoms with Crippen molar-refractivity contribution in [3.63, 3.8) is 0 Å². The lowest BCUT2D eigenvalue weighted by atomic mass is 10.1. The smallest absolute Gasteiger partial charge is 0.274 e. The zero-order valence-corrected chi connectivity index (χ0v) is 21.0. The zero-order valence-electron chi connectivity index (χ0n) is 20.1. The molecule has 1 atom stereocenters. The lowest BCUT2D eigenvalue weighted by Gasteiger charge is -2.29. The fourth-order valence-electron chi connectivity index (χ4n) is 4.79. The Balaban J connectivity index is 1.12. The van der Waals surface area contributed by atoms with E-state index in [1.54, 1.807) is 29.0 Å². The largest absolute Gasteiger partial charge is 0.488 e. The van der Waals surface area contributed by atoms with E-state index in [9.17, 15) is 9.18 Å². The molecule has 0 spiro atoms. The van der Waals surface area contributed by atoms with Crippen LogP contribution in [0.25, 0.3) is 0 Å². The highest BCUT2D eigenvalue weighted by Crippen LogP contribution is 2.37. The summed E-state index contributed by atoms with van der Waals surface area (Å²) < 4.78 is 21.2. The van der Waals surface area contributed by atoms with E-state index in [1.807, 2.05) is 17.5 Å². The summed E-state index contributed by atoms with van der Waals surface area (Å²) >= 11 is 1.43. The number of carbonyl (C=O) groups is 1. The summed E-state index contributed by atoms with van der Waals surface area (Å²) in [6.45, 7) is 3.13. The van der Waals surface area contributed by atoms with E-state index in [2.05, 4.69) is 32.7 Å². The molecule has 1 amide bonds. The number of thiazole rings is 1. The van der Waals surface area contributed by atoms with Crippen molar-refractivity contribution in [3.8, 4) is 5.75 Å². The molecule has 0 aliphatic carbocycles. The van der Waals surface area contributed by atoms with Gasteiger partial charge in [0.15, 0.2) is 5.13 Å². The van der Waals surface area contributed by atoms with Crippen molar-refractivity contribution >= 4 is 28.1 Å². The lowest BCUT2D eigenvalue weighted by molar-refractivity contribution is 0.101. The van der Waals surface area contributed by atoms with Crippen LogP contribution in [0, 0.1) is 5.95 Å². The Morgan fingerprint density at radius 3 is 2.86 bits per heavy atom. The minimum Gasteiger partial charge on any atom is -0.488 e. The van der Waals surface area contributed by atoms with Gasteiger partial charge in [0.25, 0.3) is 5.91 Å². The summed E-state index contributed by atoms with van der Waals surface area (Å²) in [7, 11) is 0. The SMILES string of the molecule is O=C(Nc1nc([C@H]2CCCN2c2ccc(OC3CNC3)cc2)cs1)c1cccn1Cc1ccnc(F)c1. The van der Waals surface area contributed by atoms with Gasteiger partial charge in [-0.3, -0.25) is 10.1 Å². The third kappa shape index (κ3) is 5.21. The van der Waals surface area contributed by atoms with Gasteiger partial charge in [-0.2, -0.15) is 4.39 Å². The molecule has 4 aromatic rings. The number of carbonyl (C=O) groups excluding carboxylic acids is 1. The van der Waals surface area contributed by atoms with Crippen LogP contribution >= 0.6 is 11.3 Å². The van der Waals surface area contributed by atoms with Crippen LogP contribution in [-0.2, 0) is 6.54 Å². The first-order chi connectivity index (χ1) is 18.1. The summed E-state index contributed by atoms with van der Waals surface area (Å²) in [6.07, 6.45) is 5.58. The summed E-state index contributed by atoms with van der Waals surface area (Å²) in [6, 6.07) is 15.1. The molecule has 5 heterocycles. The number of benzene rings is 1. The molecule has 1 aromatic carbocycles. The second-order valence-electron chi connectivity index (χ2n) is 9.28. The summed E-state index contributed by atoms with van der Waals surface area (Å²) in [5, 5.41) is 8.74. The molecular formula is C27H27FN6O2S. The maximum absolute atomic E-state index is 13.5. The van der Waals surface area contributed by atoms with Crippen LogP contribution in [0.3, 0.4) is 0 Å². The Morgan fingerprint density at radius 1 is 1.22 bits per heavy atom. The van der Waals surface area contributed by atoms with E-state index in [0.29, 0.717) is 17.4 Å². The van der Waals surface area contributed by atoms with Crippen molar-refractivity contribution in [2.45, 2.75) is 31.5 Å². The number of aromatic nitrogens is 3. The number of pyridine rings is 1. The average Bonchev–Trinajstić information content (AvgIpc) is 3.63. The van der Waals surface area contributed by atoms with Crippen molar-refractivity contribution in [2.75, 3.05) is 29.9 Å². The number of nitrogens with one attached hydrogen (secondary N) is 2. The van der Waals surface area contributed by atoms with Crippen LogP contribution in [0.2, 0.25) is 0 Å². The number of amides is 1. The van der Waals surface area contributed by atoms with E-state index < -0.39 is 5.95 Å². The predicted octanol–water partition coefficient (Wildman–Crippen LogP) is 4.47. The molecule has 190 valence electrons. The first kappa shape index (κ1) is 23.6. The van der Waals surface area contributed by atoms with Gasteiger partial charge in [0.05, 0.1) is 11.7 Å². The molecule has 2 saturated heterocycles. The van der Waals surface area contributed by atoms with Gasteiger partial charge in [0.1, 0.15) is 17.5 Å². The Labute approximate surface area is 218 Å². The molecule has 2 aliphatic heterocycles. The minimum atomic E-state index is -0.539. The maximum Gasteiger partial charge on any atom is 0.274 e. The van der Waals surface area contributed by atoms with Crippen LogP contribution < -0.4 is 20.3 Å². The topological polar surface area (TPSA) is 84.3 Å². The quantitative estimate of drug-likeness (QED) is 0.335. The monoisotopic (exact) mass is 518 g/mol. The van der Waals surface area contributed by atoms with Gasteiger partial charge in [-0.15, -0.1) is 11.3 Å². The van der Waals surface area contributed by atoms with E-state index in [4.69, 9.17) is 9.72 Å². The van der Waals surface area contributed by atoms with Crippen molar-refractivity contribution in [3.05, 3.63) is 89.2 Å². The molecule has 8 nitrogen and oxygen atoms in total. The number of hydrogen-bond acceptors (Lipinski definition) is 7. The van der Waals surface area contributed by atoms with E-state index in [-0.39, 0.29) is 18.1 Å². The number of anilines is 2. The second kappa shape index (κ2) is 10.3. The first-order valence-electron chi connectivity index (χ1n) is 12.4. The molecule has 10 heteroatoms. The van der Waals surface area contributed by atoms with Gasteiger partial charge < -0.3 is 19.5 Å². The number of halogens is 1. The van der Waals surface area contributed by atoms with Crippen LogP contribution in [0.4, 0.5) is 15.2 Å². The standard InChI is InChI=1S/C27H27FN6O2S/c28-25-13-18(9-10-30-25)16-33-11-1-4-24(33)26(35)32-27-31-22(17-37-27)23-3-2-12-34(23)19-5-7-20(8-6-19)36-21-14-29-15-21/h1,4-11,13,17,21,23,29H,2-3,12,14-16H2,(H,31,32,35)/t23-/m1/s1. The van der Waals surface area contributed by atoms with Crippen molar-refractivity contribution in [2.24, 2.45) is 0 Å². The molecule has 37 heavy (non-hydrogen) atoms. The number of hydrogen-bond donors (Lipinski definition) is 2. The van der Waals surface area contributed by atoms with Crippen molar-refractivity contribution in [1.29, 1.82) is 0 Å². The van der Waals surface area contributed by atoms with Crippen LogP contribution in [-0.4, -0.2) is 46.2 Å². The third-order valence-corrected chi connectivity index (χ3v) is 7.53. The minimum absolute atomic E-state index is 0.162. The fraction of sp³-hybridized carbons (Fsp3) is 0.296. The number of nitrogens with zero attached hydrogens (tertiary/aromatic N) is 4. The molecule has 2 fully saturated rings. The van der Waals surface area contributed by atoms with Crippen LogP contribution in [0.1, 0.15) is 40.6 Å². The average molecular weight is 519 g/mol. The summed E-state index contributed by atoms with van der Waals surface area (Å²) in [4.78, 5) is 23.7. The first-order valence-corrected chi connectivity index (χ1v) is 13.3. The molecule has 6 rings (SSSR count). The second-order valence-corrected chi connectivity index (χ2v) is 10.1. The molecule has 0 saturated carbocycles. The lowest BCUT2D eigenvalue weighted by Crippen LogP contribution is -2.50. The highest BCUT2D eigenvalue weighted by molar-refractivity contribution is 7.14. The van der Waals surface area contributed by atoms with Crippen LogP contribution in [0.5, 0.6) is 5.75 Å². The van der Waals surface area contributed by atoms with E-state index in [1.165, 1.54) is 23.6 Å². The highest BCUT2D eigenvalue weighted by atomic mass is 32.1. The molecule has 2 aliphatic rings. The van der Waals surface area contributed by atoms with Gasteiger partial charge in [-0.1, -0.05) is 0 Å². The van der Waals surface area contributed by atoms with E-state index >= 15 is 0 Å². The number of ether oxygens (including phenoxy) is 1. The van der Waals surface area contributed by atoms with E-state index in [0.717, 1.165) is 55.2 Å². The molecule has 3 aromatic heterocycles. The van der Waals surface area contributed by atoms with Gasteiger partial charge >= 0.3 is 0 Å². The highest BCUT2D eigenvalue weighted by Gasteiger charge is 2.29. The van der Waals surface area contributed by atoms with Crippen molar-refractivity contribution in [1.82, 2.24) is 19.9 Å². The fourth-order valence-corrected chi connectivity index (χ4v) is 5.54. The van der Waals surface area contributed by atoms with Gasteiger partial charge in [0, 0.05) is 49.6 Å². The molecule has 0 radical (unpaired) electrons. The van der Waals surface area contributed by atoms with Gasteiger partial charge in [-0.05, 0) is 66.9 Å². The number of rotatable bonds is 8. The predicted molar refractivity (Wildman–Crippen MR) is 141 cm³/mol. The third-order valence-electron chi connectivity index (χ3n) is 6.76. The summed E-state index contributed by atoms with van der Waals surface area (Å²) in [5.41, 5.74) is 3.32. The zero-order chi connectivity index (χ0) is 25.2. The normalized spacial score (nSPS) is 17.5. The molecule has 2 N–H and O–H groups in total. The Morgan fingerprint density at radius 2 is 2.08 bits per heavy atom. The Hall–Kier alpha value is -3.76. The molecule has 0 bridgehead atoms. The van der Waals surface area contributed by atoms with Gasteiger partial charge in [-0.25, -0.2) is 9.97 Å². The summed E-state index contributed by atoms with van der Waals surface area (Å²) in [5.74, 6) is 0.104. The van der Waals surface area contributed by atoms with Crippen molar-refractivity contribution < 1.29 is 13.9 Å². The Bertz CT molecular complexity index is 1380. The maximum atomic E-state index is 13.5. The molecule has 0 unspecified atom stereocenters. The molecular weight excluding hydrogens is 491 g/mol. The van der Waals surface area contributed by atoms with Crippen LogP contribution in [0.15, 0.2) is 66.3 Å². The Kier molecular flexibility index (Phi) is 6.58. The van der Waals surface area contributed by atoms with Gasteiger partial charge in [0.2, 0.25) is 5.95 Å².